The van der Waals surface area contributed by atoms with E-state index in [2.05, 4.69) is 39.4 Å². The highest BCUT2D eigenvalue weighted by Gasteiger charge is 2.17. The molecule has 0 radical (unpaired) electrons. The van der Waals surface area contributed by atoms with Crippen molar-refractivity contribution in [3.8, 4) is 0 Å². The van der Waals surface area contributed by atoms with E-state index in [1.807, 2.05) is 4.90 Å². The number of nitrogens with one attached hydrogen (secondary N) is 1. The maximum absolute atomic E-state index is 7.56. The van der Waals surface area contributed by atoms with Gasteiger partial charge in [0.1, 0.15) is 0 Å². The minimum Gasteiger partial charge on any atom is -0.336 e. The van der Waals surface area contributed by atoms with Crippen LogP contribution in [0.1, 0.15) is 34.1 Å². The SMILES string of the molecule is C=NC(=N)N(C(C)C)[C@@H](C)CC. The van der Waals surface area contributed by atoms with Crippen LogP contribution in [0.3, 0.4) is 0 Å². The van der Waals surface area contributed by atoms with Gasteiger partial charge in [0.25, 0.3) is 0 Å². The van der Waals surface area contributed by atoms with E-state index in [4.69, 9.17) is 5.41 Å². The minimum absolute atomic E-state index is 0.277. The Bertz CT molecular complexity index is 163. The van der Waals surface area contributed by atoms with Crippen LogP contribution in [-0.2, 0) is 0 Å². The first-order valence-electron chi connectivity index (χ1n) is 4.38. The summed E-state index contributed by atoms with van der Waals surface area (Å²) >= 11 is 0. The molecule has 0 aromatic rings. The normalized spacial score (nSPS) is 12.8. The molecule has 3 nitrogen and oxygen atoms in total. The number of nitrogens with zero attached hydrogens (tertiary/aromatic N) is 2. The second-order valence-corrected chi connectivity index (χ2v) is 3.24. The van der Waals surface area contributed by atoms with Crippen LogP contribution in [0.2, 0.25) is 0 Å². The van der Waals surface area contributed by atoms with Crippen LogP contribution in [0.25, 0.3) is 0 Å². The van der Waals surface area contributed by atoms with Gasteiger partial charge in [0.2, 0.25) is 5.96 Å². The summed E-state index contributed by atoms with van der Waals surface area (Å²) in [5.74, 6) is 0.277. The summed E-state index contributed by atoms with van der Waals surface area (Å²) < 4.78 is 0. The predicted molar refractivity (Wildman–Crippen MR) is 54.0 cm³/mol. The maximum atomic E-state index is 7.56. The zero-order valence-corrected chi connectivity index (χ0v) is 8.46. The van der Waals surface area contributed by atoms with Crippen LogP contribution in [0.5, 0.6) is 0 Å². The molecule has 0 fully saturated rings. The quantitative estimate of drug-likeness (QED) is 0.510. The molecule has 0 saturated carbocycles. The van der Waals surface area contributed by atoms with E-state index in [-0.39, 0.29) is 5.96 Å². The third-order valence-electron chi connectivity index (χ3n) is 2.02. The van der Waals surface area contributed by atoms with Gasteiger partial charge in [-0.3, -0.25) is 5.41 Å². The second kappa shape index (κ2) is 4.91. The summed E-state index contributed by atoms with van der Waals surface area (Å²) in [6.45, 7) is 11.7. The highest BCUT2D eigenvalue weighted by atomic mass is 15.3. The van der Waals surface area contributed by atoms with E-state index < -0.39 is 0 Å². The lowest BCUT2D eigenvalue weighted by atomic mass is 10.2. The Morgan fingerprint density at radius 3 is 2.25 bits per heavy atom. The fourth-order valence-corrected chi connectivity index (χ4v) is 1.24. The summed E-state index contributed by atoms with van der Waals surface area (Å²) in [5, 5.41) is 7.56. The number of aliphatic imine (C=N–C) groups is 1. The number of hydrogen-bond acceptors (Lipinski definition) is 1. The highest BCUT2D eigenvalue weighted by molar-refractivity contribution is 5.81. The van der Waals surface area contributed by atoms with Gasteiger partial charge in [-0.15, -0.1) is 0 Å². The first-order chi connectivity index (χ1) is 5.54. The lowest BCUT2D eigenvalue weighted by Crippen LogP contribution is -2.41. The molecule has 1 atom stereocenters. The van der Waals surface area contributed by atoms with Gasteiger partial charge < -0.3 is 4.90 Å². The second-order valence-electron chi connectivity index (χ2n) is 3.24. The number of rotatable bonds is 3. The summed E-state index contributed by atoms with van der Waals surface area (Å²) in [5.41, 5.74) is 0. The van der Waals surface area contributed by atoms with Crippen molar-refractivity contribution < 1.29 is 0 Å². The molecule has 0 aliphatic heterocycles. The topological polar surface area (TPSA) is 39.5 Å². The molecule has 0 bridgehead atoms. The third kappa shape index (κ3) is 2.64. The zero-order valence-electron chi connectivity index (χ0n) is 8.46. The summed E-state index contributed by atoms with van der Waals surface area (Å²) in [4.78, 5) is 5.60. The zero-order chi connectivity index (χ0) is 9.72. The van der Waals surface area contributed by atoms with Crippen molar-refractivity contribution in [1.29, 1.82) is 5.41 Å². The summed E-state index contributed by atoms with van der Waals surface area (Å²) in [6, 6.07) is 0.681. The van der Waals surface area contributed by atoms with Crippen molar-refractivity contribution in [2.45, 2.75) is 46.2 Å². The molecule has 3 heteroatoms. The Labute approximate surface area is 75.0 Å². The summed E-state index contributed by atoms with van der Waals surface area (Å²) in [7, 11) is 0. The van der Waals surface area contributed by atoms with Crippen molar-refractivity contribution in [3.05, 3.63) is 0 Å². The molecule has 0 aromatic heterocycles. The van der Waals surface area contributed by atoms with Gasteiger partial charge in [-0.25, -0.2) is 4.99 Å². The van der Waals surface area contributed by atoms with Crippen molar-refractivity contribution in [1.82, 2.24) is 4.90 Å². The molecule has 0 aliphatic carbocycles. The molecular weight excluding hydrogens is 150 g/mol. The molecule has 0 saturated heterocycles. The first-order valence-corrected chi connectivity index (χ1v) is 4.38. The minimum atomic E-state index is 0.277. The Morgan fingerprint density at radius 1 is 1.50 bits per heavy atom. The van der Waals surface area contributed by atoms with Crippen LogP contribution in [0.4, 0.5) is 0 Å². The van der Waals surface area contributed by atoms with E-state index in [9.17, 15) is 0 Å². The predicted octanol–water partition coefficient (Wildman–Crippen LogP) is 2.13. The van der Waals surface area contributed by atoms with E-state index >= 15 is 0 Å². The van der Waals surface area contributed by atoms with Gasteiger partial charge in [-0.2, -0.15) is 0 Å². The molecule has 12 heavy (non-hydrogen) atoms. The van der Waals surface area contributed by atoms with Gasteiger partial charge in [0.05, 0.1) is 0 Å². The van der Waals surface area contributed by atoms with Crippen molar-refractivity contribution in [2.75, 3.05) is 0 Å². The van der Waals surface area contributed by atoms with Crippen LogP contribution < -0.4 is 0 Å². The smallest absolute Gasteiger partial charge is 0.217 e. The molecule has 0 aromatic carbocycles. The Morgan fingerprint density at radius 2 is 2.00 bits per heavy atom. The van der Waals surface area contributed by atoms with E-state index in [0.717, 1.165) is 6.42 Å². The monoisotopic (exact) mass is 169 g/mol. The Balaban J connectivity index is 4.42. The van der Waals surface area contributed by atoms with Gasteiger partial charge >= 0.3 is 0 Å². The number of guanidine groups is 1. The Hall–Kier alpha value is -0.860. The van der Waals surface area contributed by atoms with E-state index in [1.165, 1.54) is 0 Å². The van der Waals surface area contributed by atoms with Gasteiger partial charge in [0.15, 0.2) is 0 Å². The Kier molecular flexibility index (Phi) is 4.55. The van der Waals surface area contributed by atoms with Crippen LogP contribution in [0, 0.1) is 5.41 Å². The lowest BCUT2D eigenvalue weighted by Gasteiger charge is -2.32. The van der Waals surface area contributed by atoms with Gasteiger partial charge in [0, 0.05) is 12.1 Å². The standard InChI is InChI=1S/C9H19N3/c1-6-8(4)12(7(2)3)9(10)11-5/h7-8,10H,5-6H2,1-4H3/t8-/m0/s1. The molecule has 0 spiro atoms. The molecule has 0 aliphatic rings. The van der Waals surface area contributed by atoms with Gasteiger partial charge in [-0.1, -0.05) is 6.92 Å². The van der Waals surface area contributed by atoms with Gasteiger partial charge in [-0.05, 0) is 33.9 Å². The molecule has 70 valence electrons. The van der Waals surface area contributed by atoms with Crippen molar-refractivity contribution in [3.63, 3.8) is 0 Å². The maximum Gasteiger partial charge on any atom is 0.217 e. The number of hydrogen-bond donors (Lipinski definition) is 1. The van der Waals surface area contributed by atoms with Crippen molar-refractivity contribution in [2.24, 2.45) is 4.99 Å². The molecule has 0 heterocycles. The third-order valence-corrected chi connectivity index (χ3v) is 2.02. The average molecular weight is 169 g/mol. The van der Waals surface area contributed by atoms with Crippen LogP contribution >= 0.6 is 0 Å². The molecular formula is C9H19N3. The molecule has 0 rings (SSSR count). The first kappa shape index (κ1) is 11.1. The largest absolute Gasteiger partial charge is 0.336 e. The van der Waals surface area contributed by atoms with Crippen LogP contribution in [-0.4, -0.2) is 29.7 Å². The van der Waals surface area contributed by atoms with Crippen LogP contribution in [0.15, 0.2) is 4.99 Å². The molecule has 1 N–H and O–H groups in total. The highest BCUT2D eigenvalue weighted by Crippen LogP contribution is 2.09. The lowest BCUT2D eigenvalue weighted by molar-refractivity contribution is 0.266. The summed E-state index contributed by atoms with van der Waals surface area (Å²) in [6.07, 6.45) is 1.02. The molecule has 0 unspecified atom stereocenters. The fourth-order valence-electron chi connectivity index (χ4n) is 1.24. The van der Waals surface area contributed by atoms with Crippen molar-refractivity contribution >= 4 is 12.7 Å². The van der Waals surface area contributed by atoms with E-state index in [1.54, 1.807) is 0 Å². The molecule has 0 amide bonds. The average Bonchev–Trinajstić information content (AvgIpc) is 2.03. The van der Waals surface area contributed by atoms with E-state index in [0.29, 0.717) is 12.1 Å². The fraction of sp³-hybridized carbons (Fsp3) is 0.778.